The van der Waals surface area contributed by atoms with Gasteiger partial charge >= 0.3 is 5.69 Å². The Balaban J connectivity index is 1.64. The number of aromatic nitrogens is 3. The number of hydrogen-bond donors (Lipinski definition) is 0. The van der Waals surface area contributed by atoms with E-state index in [0.717, 1.165) is 41.9 Å². The lowest BCUT2D eigenvalue weighted by Crippen LogP contribution is -2.29. The van der Waals surface area contributed by atoms with Gasteiger partial charge in [0.2, 0.25) is 6.79 Å². The summed E-state index contributed by atoms with van der Waals surface area (Å²) in [5.41, 5.74) is 2.39. The Morgan fingerprint density at radius 3 is 2.64 bits per heavy atom. The maximum atomic E-state index is 13.0. The molecule has 0 amide bonds. The van der Waals surface area contributed by atoms with Gasteiger partial charge < -0.3 is 14.4 Å². The van der Waals surface area contributed by atoms with Gasteiger partial charge in [-0.3, -0.25) is 0 Å². The van der Waals surface area contributed by atoms with E-state index in [1.165, 1.54) is 12.8 Å². The van der Waals surface area contributed by atoms with E-state index >= 15 is 0 Å². The van der Waals surface area contributed by atoms with Gasteiger partial charge in [0.1, 0.15) is 0 Å². The van der Waals surface area contributed by atoms with Crippen LogP contribution in [0, 0.1) is 6.92 Å². The second-order valence-corrected chi connectivity index (χ2v) is 6.81. The summed E-state index contributed by atoms with van der Waals surface area (Å²) >= 11 is 0. The Morgan fingerprint density at radius 1 is 1.08 bits per heavy atom. The van der Waals surface area contributed by atoms with Crippen LogP contribution in [0.3, 0.4) is 0 Å². The molecular weight excluding hydrogens is 320 g/mol. The summed E-state index contributed by atoms with van der Waals surface area (Å²) < 4.78 is 14.2. The SMILES string of the molecule is Cc1cc2cc3c(cc2n2c(=O)n(CCN4CCCC4)nc12)OCO3. The molecule has 7 heteroatoms. The largest absolute Gasteiger partial charge is 0.454 e. The zero-order chi connectivity index (χ0) is 17.0. The summed E-state index contributed by atoms with van der Waals surface area (Å²) in [6, 6.07) is 5.85. The zero-order valence-corrected chi connectivity index (χ0v) is 14.2. The first kappa shape index (κ1) is 14.8. The van der Waals surface area contributed by atoms with Crippen molar-refractivity contribution in [2.75, 3.05) is 26.4 Å². The minimum absolute atomic E-state index is 0.0956. The van der Waals surface area contributed by atoms with Crippen LogP contribution in [0.25, 0.3) is 16.6 Å². The Morgan fingerprint density at radius 2 is 1.84 bits per heavy atom. The molecule has 2 aromatic heterocycles. The fourth-order valence-electron chi connectivity index (χ4n) is 3.82. The molecular formula is C18H20N4O3. The van der Waals surface area contributed by atoms with Crippen LogP contribution in [0.2, 0.25) is 0 Å². The van der Waals surface area contributed by atoms with Crippen molar-refractivity contribution in [3.8, 4) is 11.5 Å². The maximum absolute atomic E-state index is 13.0. The Kier molecular flexibility index (Phi) is 3.24. The standard InChI is InChI=1S/C18H20N4O3/c1-12-8-13-9-15-16(25-11-24-15)10-14(13)22-17(12)19-21(18(22)23)7-6-20-4-2-3-5-20/h8-10H,2-7,11H2,1H3. The molecule has 0 saturated carbocycles. The number of nitrogens with zero attached hydrogens (tertiary/aromatic N) is 4. The lowest BCUT2D eigenvalue weighted by atomic mass is 10.1. The summed E-state index contributed by atoms with van der Waals surface area (Å²) in [4.78, 5) is 15.4. The smallest absolute Gasteiger partial charge is 0.350 e. The summed E-state index contributed by atoms with van der Waals surface area (Å²) in [5.74, 6) is 1.40. The molecule has 0 radical (unpaired) electrons. The highest BCUT2D eigenvalue weighted by molar-refractivity contribution is 5.86. The average Bonchev–Trinajstić information content (AvgIpc) is 3.32. The summed E-state index contributed by atoms with van der Waals surface area (Å²) in [6.07, 6.45) is 2.49. The third-order valence-corrected chi connectivity index (χ3v) is 5.15. The van der Waals surface area contributed by atoms with Crippen molar-refractivity contribution in [2.45, 2.75) is 26.3 Å². The monoisotopic (exact) mass is 340 g/mol. The number of hydrogen-bond acceptors (Lipinski definition) is 5. The van der Waals surface area contributed by atoms with Crippen LogP contribution in [0.5, 0.6) is 11.5 Å². The molecule has 0 aliphatic carbocycles. The summed E-state index contributed by atoms with van der Waals surface area (Å²) in [7, 11) is 0. The van der Waals surface area contributed by atoms with Crippen LogP contribution >= 0.6 is 0 Å². The molecule has 0 N–H and O–H groups in total. The average molecular weight is 340 g/mol. The second-order valence-electron chi connectivity index (χ2n) is 6.81. The Hall–Kier alpha value is -2.54. The number of pyridine rings is 1. The van der Waals surface area contributed by atoms with E-state index < -0.39 is 0 Å². The van der Waals surface area contributed by atoms with E-state index in [9.17, 15) is 4.79 Å². The van der Waals surface area contributed by atoms with Gasteiger partial charge in [-0.15, -0.1) is 5.10 Å². The van der Waals surface area contributed by atoms with E-state index in [2.05, 4.69) is 10.00 Å². The number of fused-ring (bicyclic) bond motifs is 4. The van der Waals surface area contributed by atoms with E-state index in [0.29, 0.717) is 17.9 Å². The molecule has 130 valence electrons. The van der Waals surface area contributed by atoms with Crippen LogP contribution in [-0.4, -0.2) is 45.5 Å². The highest BCUT2D eigenvalue weighted by Gasteiger charge is 2.19. The molecule has 3 aromatic rings. The highest BCUT2D eigenvalue weighted by atomic mass is 16.7. The summed E-state index contributed by atoms with van der Waals surface area (Å²) in [5, 5.41) is 5.54. The zero-order valence-electron chi connectivity index (χ0n) is 14.2. The third kappa shape index (κ3) is 2.30. The van der Waals surface area contributed by atoms with Crippen LogP contribution in [0.1, 0.15) is 18.4 Å². The number of ether oxygens (including phenoxy) is 2. The molecule has 1 fully saturated rings. The van der Waals surface area contributed by atoms with Crippen LogP contribution in [-0.2, 0) is 6.54 Å². The van der Waals surface area contributed by atoms with Crippen LogP contribution in [0.15, 0.2) is 23.0 Å². The van der Waals surface area contributed by atoms with Crippen molar-refractivity contribution in [1.82, 2.24) is 19.1 Å². The fourth-order valence-corrected chi connectivity index (χ4v) is 3.82. The molecule has 0 bridgehead atoms. The van der Waals surface area contributed by atoms with Gasteiger partial charge in [-0.2, -0.15) is 0 Å². The third-order valence-electron chi connectivity index (χ3n) is 5.15. The first-order valence-corrected chi connectivity index (χ1v) is 8.75. The Bertz CT molecular complexity index is 1030. The van der Waals surface area contributed by atoms with Gasteiger partial charge in [-0.05, 0) is 50.6 Å². The van der Waals surface area contributed by atoms with Crippen molar-refractivity contribution in [1.29, 1.82) is 0 Å². The van der Waals surface area contributed by atoms with Crippen molar-refractivity contribution in [3.05, 3.63) is 34.2 Å². The lowest BCUT2D eigenvalue weighted by molar-refractivity contribution is 0.174. The molecule has 7 nitrogen and oxygen atoms in total. The lowest BCUT2D eigenvalue weighted by Gasteiger charge is -2.13. The predicted molar refractivity (Wildman–Crippen MR) is 93.5 cm³/mol. The van der Waals surface area contributed by atoms with Crippen molar-refractivity contribution < 1.29 is 9.47 Å². The van der Waals surface area contributed by atoms with E-state index in [-0.39, 0.29) is 12.5 Å². The van der Waals surface area contributed by atoms with Crippen LogP contribution in [0.4, 0.5) is 0 Å². The van der Waals surface area contributed by atoms with Gasteiger partial charge in [0.15, 0.2) is 17.1 Å². The van der Waals surface area contributed by atoms with Gasteiger partial charge in [-0.25, -0.2) is 13.9 Å². The molecule has 1 saturated heterocycles. The second kappa shape index (κ2) is 5.49. The van der Waals surface area contributed by atoms with Crippen molar-refractivity contribution in [2.24, 2.45) is 0 Å². The highest BCUT2D eigenvalue weighted by Crippen LogP contribution is 2.36. The molecule has 5 rings (SSSR count). The number of aryl methyl sites for hydroxylation is 1. The quantitative estimate of drug-likeness (QED) is 0.727. The molecule has 0 unspecified atom stereocenters. The summed E-state index contributed by atoms with van der Waals surface area (Å²) in [6.45, 7) is 5.93. The van der Waals surface area contributed by atoms with E-state index in [1.54, 1.807) is 9.08 Å². The molecule has 2 aliphatic heterocycles. The molecule has 0 spiro atoms. The van der Waals surface area contributed by atoms with Gasteiger partial charge in [0.05, 0.1) is 12.1 Å². The molecule has 4 heterocycles. The first-order valence-electron chi connectivity index (χ1n) is 8.75. The van der Waals surface area contributed by atoms with Gasteiger partial charge in [0, 0.05) is 18.0 Å². The molecule has 0 atom stereocenters. The number of benzene rings is 1. The fraction of sp³-hybridized carbons (Fsp3) is 0.444. The number of rotatable bonds is 3. The van der Waals surface area contributed by atoms with Crippen molar-refractivity contribution in [3.63, 3.8) is 0 Å². The minimum atomic E-state index is -0.0956. The van der Waals surface area contributed by atoms with E-state index in [1.807, 2.05) is 25.1 Å². The first-order chi connectivity index (χ1) is 12.2. The van der Waals surface area contributed by atoms with Crippen LogP contribution < -0.4 is 15.2 Å². The minimum Gasteiger partial charge on any atom is -0.454 e. The predicted octanol–water partition coefficient (Wildman–Crippen LogP) is 1.78. The molecule has 2 aliphatic rings. The Labute approximate surface area is 144 Å². The van der Waals surface area contributed by atoms with E-state index in [4.69, 9.17) is 9.47 Å². The van der Waals surface area contributed by atoms with Gasteiger partial charge in [-0.1, -0.05) is 0 Å². The molecule has 25 heavy (non-hydrogen) atoms. The van der Waals surface area contributed by atoms with Crippen molar-refractivity contribution >= 4 is 16.6 Å². The number of likely N-dealkylation sites (tertiary alicyclic amines) is 1. The molecule has 1 aromatic carbocycles. The maximum Gasteiger partial charge on any atom is 0.350 e. The topological polar surface area (TPSA) is 61.0 Å². The van der Waals surface area contributed by atoms with Gasteiger partial charge in [0.25, 0.3) is 0 Å². The normalized spacial score (nSPS) is 17.2.